The average molecular weight is 614 g/mol. The fraction of sp³-hybridized carbons (Fsp3) is 0.419. The number of ether oxygens (including phenoxy) is 2. The Kier molecular flexibility index (Phi) is 14.4. The third-order valence-electron chi connectivity index (χ3n) is 6.27. The number of nitrogens with zero attached hydrogens (tertiary/aromatic N) is 1. The van der Waals surface area contributed by atoms with E-state index in [9.17, 15) is 28.8 Å². The third-order valence-corrected chi connectivity index (χ3v) is 7.27. The first kappa shape index (κ1) is 35.0. The molecule has 0 fully saturated rings. The quantitative estimate of drug-likeness (QED) is 0.306. The summed E-state index contributed by atoms with van der Waals surface area (Å²) in [6.45, 7) is 4.73. The Bertz CT molecular complexity index is 1260. The number of rotatable bonds is 14. The van der Waals surface area contributed by atoms with Crippen LogP contribution in [-0.2, 0) is 46.5 Å². The highest BCUT2D eigenvalue weighted by Crippen LogP contribution is 2.20. The van der Waals surface area contributed by atoms with Crippen molar-refractivity contribution in [2.45, 2.75) is 64.0 Å². The van der Waals surface area contributed by atoms with E-state index in [4.69, 9.17) is 4.74 Å². The van der Waals surface area contributed by atoms with E-state index in [-0.39, 0.29) is 25.4 Å². The van der Waals surface area contributed by atoms with Gasteiger partial charge in [0.05, 0.1) is 13.5 Å². The topological polar surface area (TPSA) is 148 Å². The summed E-state index contributed by atoms with van der Waals surface area (Å²) in [5, 5.41) is 3.55. The Balaban J connectivity index is 2.50. The van der Waals surface area contributed by atoms with Crippen LogP contribution in [0.25, 0.3) is 0 Å². The van der Waals surface area contributed by atoms with Crippen LogP contribution in [0.15, 0.2) is 60.7 Å². The number of amides is 4. The summed E-state index contributed by atoms with van der Waals surface area (Å²) >= 11 is 0.629. The molecule has 0 bridgehead atoms. The SMILES string of the molecule is CNC(=O)[C@H](Cc1ccccc1)N(C(=O)OCc1ccccc1)C(=O)[C@H](CC(C)C)NC(=O)C(CC(=O)OC)SC(C)=O. The molecule has 2 aromatic carbocycles. The minimum atomic E-state index is -1.31. The summed E-state index contributed by atoms with van der Waals surface area (Å²) in [6.07, 6.45) is -1.40. The summed E-state index contributed by atoms with van der Waals surface area (Å²) in [4.78, 5) is 78.9. The number of thioether (sulfide) groups is 1. The first-order chi connectivity index (χ1) is 20.5. The Morgan fingerprint density at radius 1 is 0.884 bits per heavy atom. The summed E-state index contributed by atoms with van der Waals surface area (Å²) in [7, 11) is 2.55. The van der Waals surface area contributed by atoms with Gasteiger partial charge in [0, 0.05) is 20.4 Å². The molecule has 3 atom stereocenters. The average Bonchev–Trinajstić information content (AvgIpc) is 2.98. The van der Waals surface area contributed by atoms with Crippen molar-refractivity contribution < 1.29 is 38.2 Å². The molecule has 0 aliphatic heterocycles. The first-order valence-electron chi connectivity index (χ1n) is 13.8. The molecule has 1 unspecified atom stereocenters. The van der Waals surface area contributed by atoms with Crippen molar-refractivity contribution in [1.29, 1.82) is 0 Å². The van der Waals surface area contributed by atoms with Gasteiger partial charge in [-0.3, -0.25) is 24.0 Å². The van der Waals surface area contributed by atoms with Gasteiger partial charge < -0.3 is 20.1 Å². The van der Waals surface area contributed by atoms with Gasteiger partial charge in [0.2, 0.25) is 11.8 Å². The highest BCUT2D eigenvalue weighted by atomic mass is 32.2. The van der Waals surface area contributed by atoms with E-state index in [1.54, 1.807) is 60.7 Å². The molecule has 11 nitrogen and oxygen atoms in total. The molecule has 0 radical (unpaired) electrons. The van der Waals surface area contributed by atoms with Crippen LogP contribution in [0.3, 0.4) is 0 Å². The van der Waals surface area contributed by atoms with Crippen LogP contribution in [0, 0.1) is 5.92 Å². The van der Waals surface area contributed by atoms with Gasteiger partial charge in [0.25, 0.3) is 5.91 Å². The largest absolute Gasteiger partial charge is 0.469 e. The second-order valence-corrected chi connectivity index (χ2v) is 11.5. The normalized spacial score (nSPS) is 12.8. The van der Waals surface area contributed by atoms with E-state index in [0.717, 1.165) is 12.0 Å². The van der Waals surface area contributed by atoms with E-state index >= 15 is 0 Å². The maximum atomic E-state index is 14.2. The van der Waals surface area contributed by atoms with Gasteiger partial charge in [0.1, 0.15) is 23.9 Å². The lowest BCUT2D eigenvalue weighted by atomic mass is 9.99. The smallest absolute Gasteiger partial charge is 0.417 e. The van der Waals surface area contributed by atoms with Crippen molar-refractivity contribution >= 4 is 46.7 Å². The lowest BCUT2D eigenvalue weighted by Crippen LogP contribution is -2.59. The minimum absolute atomic E-state index is 0.0137. The van der Waals surface area contributed by atoms with Crippen LogP contribution >= 0.6 is 11.8 Å². The highest BCUT2D eigenvalue weighted by Gasteiger charge is 2.40. The van der Waals surface area contributed by atoms with E-state index in [1.165, 1.54) is 14.0 Å². The first-order valence-corrected chi connectivity index (χ1v) is 14.7. The van der Waals surface area contributed by atoms with Gasteiger partial charge in [-0.2, -0.15) is 0 Å². The number of hydrogen-bond donors (Lipinski definition) is 2. The zero-order chi connectivity index (χ0) is 31.9. The molecule has 2 rings (SSSR count). The van der Waals surface area contributed by atoms with E-state index in [2.05, 4.69) is 15.4 Å². The predicted molar refractivity (Wildman–Crippen MR) is 162 cm³/mol. The van der Waals surface area contributed by atoms with Gasteiger partial charge in [0.15, 0.2) is 5.12 Å². The molecule has 0 aromatic heterocycles. The van der Waals surface area contributed by atoms with Gasteiger partial charge in [-0.1, -0.05) is 86.3 Å². The Hall–Kier alpha value is -4.19. The highest BCUT2D eigenvalue weighted by molar-refractivity contribution is 8.14. The molecule has 0 aliphatic carbocycles. The van der Waals surface area contributed by atoms with Gasteiger partial charge >= 0.3 is 12.1 Å². The molecule has 12 heteroatoms. The summed E-state index contributed by atoms with van der Waals surface area (Å²) in [5.74, 6) is -3.09. The number of carbonyl (C=O) groups excluding carboxylic acids is 6. The zero-order valence-electron chi connectivity index (χ0n) is 25.0. The molecule has 0 aliphatic rings. The zero-order valence-corrected chi connectivity index (χ0v) is 25.8. The molecule has 43 heavy (non-hydrogen) atoms. The van der Waals surface area contributed by atoms with Gasteiger partial charge in [-0.15, -0.1) is 0 Å². The maximum absolute atomic E-state index is 14.2. The van der Waals surface area contributed by atoms with Gasteiger partial charge in [-0.05, 0) is 23.5 Å². The number of esters is 1. The molecule has 0 spiro atoms. The molecule has 4 amide bonds. The fourth-order valence-electron chi connectivity index (χ4n) is 4.21. The van der Waals surface area contributed by atoms with E-state index in [1.807, 2.05) is 13.8 Å². The number of carbonyl (C=O) groups is 6. The van der Waals surface area contributed by atoms with Gasteiger partial charge in [-0.25, -0.2) is 9.69 Å². The second kappa shape index (κ2) is 17.7. The Morgan fingerprint density at radius 3 is 1.98 bits per heavy atom. The Morgan fingerprint density at radius 2 is 1.47 bits per heavy atom. The number of imide groups is 1. The fourth-order valence-corrected chi connectivity index (χ4v) is 5.01. The van der Waals surface area contributed by atoms with Crippen molar-refractivity contribution in [2.75, 3.05) is 14.2 Å². The summed E-state index contributed by atoms with van der Waals surface area (Å²) in [6, 6.07) is 15.1. The van der Waals surface area contributed by atoms with Crippen LogP contribution in [0.4, 0.5) is 4.79 Å². The molecular weight excluding hydrogens is 574 g/mol. The number of likely N-dealkylation sites (N-methyl/N-ethyl adjacent to an activating group) is 1. The molecule has 0 heterocycles. The molecule has 2 aromatic rings. The summed E-state index contributed by atoms with van der Waals surface area (Å²) in [5.41, 5.74) is 1.35. The molecule has 0 saturated heterocycles. The van der Waals surface area contributed by atoms with Crippen molar-refractivity contribution in [2.24, 2.45) is 5.92 Å². The summed E-state index contributed by atoms with van der Waals surface area (Å²) < 4.78 is 10.2. The third kappa shape index (κ3) is 11.5. The molecular formula is C31H39N3O8S. The Labute approximate surface area is 256 Å². The second-order valence-electron chi connectivity index (χ2n) is 10.1. The number of nitrogens with one attached hydrogen (secondary N) is 2. The number of hydrogen-bond acceptors (Lipinski definition) is 9. The molecule has 232 valence electrons. The van der Waals surface area contributed by atoms with Crippen LogP contribution in [0.1, 0.15) is 44.7 Å². The predicted octanol–water partition coefficient (Wildman–Crippen LogP) is 3.25. The van der Waals surface area contributed by atoms with Crippen LogP contribution < -0.4 is 10.6 Å². The number of benzene rings is 2. The lowest BCUT2D eigenvalue weighted by molar-refractivity contribution is -0.143. The van der Waals surface area contributed by atoms with Crippen molar-refractivity contribution in [3.05, 3.63) is 71.8 Å². The monoisotopic (exact) mass is 613 g/mol. The van der Waals surface area contributed by atoms with E-state index in [0.29, 0.717) is 22.9 Å². The molecule has 0 saturated carbocycles. The maximum Gasteiger partial charge on any atom is 0.417 e. The van der Waals surface area contributed by atoms with Crippen molar-refractivity contribution in [3.63, 3.8) is 0 Å². The van der Waals surface area contributed by atoms with Crippen LogP contribution in [0.2, 0.25) is 0 Å². The van der Waals surface area contributed by atoms with Crippen molar-refractivity contribution in [1.82, 2.24) is 15.5 Å². The van der Waals surface area contributed by atoms with Crippen molar-refractivity contribution in [3.8, 4) is 0 Å². The minimum Gasteiger partial charge on any atom is -0.469 e. The van der Waals surface area contributed by atoms with Crippen LogP contribution in [0.5, 0.6) is 0 Å². The molecule has 2 N–H and O–H groups in total. The standard InChI is InChI=1S/C31H39N3O8S/c1-20(2)16-24(33-29(38)26(43-21(3)35)18-27(36)41-5)30(39)34(31(40)42-19-23-14-10-7-11-15-23)25(28(37)32-4)17-22-12-8-6-9-13-22/h6-15,20,24-26H,16-19H2,1-5H3,(H,32,37)(H,33,38)/t24-,25-,26?/m0/s1. The lowest BCUT2D eigenvalue weighted by Gasteiger charge is -2.32. The number of methoxy groups -OCH3 is 1. The van der Waals surface area contributed by atoms with E-state index < -0.39 is 58.7 Å². The van der Waals surface area contributed by atoms with Crippen LogP contribution in [-0.4, -0.2) is 71.3 Å².